The second-order valence-electron chi connectivity index (χ2n) is 10.9. The third kappa shape index (κ3) is 4.42. The number of urea groups is 1. The summed E-state index contributed by atoms with van der Waals surface area (Å²) in [6.45, 7) is 6.89. The van der Waals surface area contributed by atoms with Crippen molar-refractivity contribution in [3.05, 3.63) is 83.0 Å². The summed E-state index contributed by atoms with van der Waals surface area (Å²) in [6, 6.07) is 23.0. The molecule has 6 nitrogen and oxygen atoms in total. The summed E-state index contributed by atoms with van der Waals surface area (Å²) in [5, 5.41) is 6.06. The molecule has 4 heterocycles. The first-order valence-electron chi connectivity index (χ1n) is 13.9. The van der Waals surface area contributed by atoms with Gasteiger partial charge >= 0.3 is 6.03 Å². The van der Waals surface area contributed by atoms with Crippen molar-refractivity contribution in [1.29, 1.82) is 0 Å². The van der Waals surface area contributed by atoms with Crippen molar-refractivity contribution in [3.63, 3.8) is 0 Å². The maximum atomic E-state index is 13.7. The monoisotopic (exact) mass is 537 g/mol. The van der Waals surface area contributed by atoms with E-state index in [9.17, 15) is 4.79 Å². The second kappa shape index (κ2) is 9.85. The molecule has 0 unspecified atom stereocenters. The Morgan fingerprint density at radius 3 is 2.69 bits per heavy atom. The van der Waals surface area contributed by atoms with Gasteiger partial charge in [-0.3, -0.25) is 14.8 Å². The average Bonchev–Trinajstić information content (AvgIpc) is 3.59. The lowest BCUT2D eigenvalue weighted by Crippen LogP contribution is -2.50. The van der Waals surface area contributed by atoms with Crippen molar-refractivity contribution in [3.8, 4) is 11.3 Å². The van der Waals surface area contributed by atoms with Crippen LogP contribution in [0.4, 0.5) is 21.9 Å². The molecule has 0 aliphatic carbocycles. The van der Waals surface area contributed by atoms with Crippen molar-refractivity contribution in [1.82, 2.24) is 9.88 Å². The van der Waals surface area contributed by atoms with Crippen molar-refractivity contribution < 1.29 is 4.79 Å². The van der Waals surface area contributed by atoms with E-state index in [0.717, 1.165) is 81.4 Å². The molecular formula is C32H32ClN5O. The average molecular weight is 538 g/mol. The summed E-state index contributed by atoms with van der Waals surface area (Å²) in [5.74, 6) is 0. The van der Waals surface area contributed by atoms with Gasteiger partial charge in [0.25, 0.3) is 0 Å². The van der Waals surface area contributed by atoms with Gasteiger partial charge in [0.2, 0.25) is 0 Å². The fourth-order valence-corrected chi connectivity index (χ4v) is 6.88. The van der Waals surface area contributed by atoms with Gasteiger partial charge in [-0.2, -0.15) is 0 Å². The molecule has 198 valence electrons. The number of fused-ring (bicyclic) bond motifs is 3. The van der Waals surface area contributed by atoms with Gasteiger partial charge in [0.05, 0.1) is 27.8 Å². The molecule has 4 aromatic rings. The fraction of sp³-hybridized carbons (Fsp3) is 0.312. The van der Waals surface area contributed by atoms with E-state index in [-0.39, 0.29) is 6.03 Å². The van der Waals surface area contributed by atoms with E-state index in [1.165, 1.54) is 19.4 Å². The Bertz CT molecular complexity index is 1590. The molecular weight excluding hydrogens is 506 g/mol. The van der Waals surface area contributed by atoms with Gasteiger partial charge in [-0.1, -0.05) is 48.0 Å². The molecule has 1 aromatic heterocycles. The Labute approximate surface area is 234 Å². The van der Waals surface area contributed by atoms with Crippen LogP contribution in [-0.4, -0.2) is 54.7 Å². The van der Waals surface area contributed by atoms with Crippen molar-refractivity contribution >= 4 is 45.5 Å². The van der Waals surface area contributed by atoms with Crippen LogP contribution < -0.4 is 15.1 Å². The third-order valence-electron chi connectivity index (χ3n) is 8.54. The first-order chi connectivity index (χ1) is 19.0. The zero-order valence-corrected chi connectivity index (χ0v) is 22.9. The molecule has 39 heavy (non-hydrogen) atoms. The first kappa shape index (κ1) is 24.4. The van der Waals surface area contributed by atoms with Gasteiger partial charge in [0.1, 0.15) is 0 Å². The quantitative estimate of drug-likeness (QED) is 0.314. The Morgan fingerprint density at radius 1 is 0.949 bits per heavy atom. The van der Waals surface area contributed by atoms with Crippen molar-refractivity contribution in [2.45, 2.75) is 32.2 Å². The van der Waals surface area contributed by atoms with E-state index in [2.05, 4.69) is 45.4 Å². The predicted molar refractivity (Wildman–Crippen MR) is 160 cm³/mol. The number of nitrogens with one attached hydrogen (secondary N) is 1. The number of carbonyl (C=O) groups is 1. The van der Waals surface area contributed by atoms with Gasteiger partial charge in [-0.25, -0.2) is 4.79 Å². The molecule has 3 aliphatic heterocycles. The molecule has 1 N–H and O–H groups in total. The molecule has 1 atom stereocenters. The molecule has 2 fully saturated rings. The Hall–Kier alpha value is -3.61. The highest BCUT2D eigenvalue weighted by Gasteiger charge is 2.33. The lowest BCUT2D eigenvalue weighted by atomic mass is 10.0. The van der Waals surface area contributed by atoms with Crippen LogP contribution in [-0.2, 0) is 6.42 Å². The highest BCUT2D eigenvalue weighted by molar-refractivity contribution is 6.33. The molecule has 0 radical (unpaired) electrons. The zero-order chi connectivity index (χ0) is 26.5. The van der Waals surface area contributed by atoms with Crippen LogP contribution in [0.3, 0.4) is 0 Å². The molecule has 0 spiro atoms. The minimum Gasteiger partial charge on any atom is -0.367 e. The Morgan fingerprint density at radius 2 is 1.79 bits per heavy atom. The lowest BCUT2D eigenvalue weighted by Gasteiger charge is -2.39. The Balaban J connectivity index is 1.17. The summed E-state index contributed by atoms with van der Waals surface area (Å²) in [4.78, 5) is 25.3. The second-order valence-corrected chi connectivity index (χ2v) is 11.3. The number of anilines is 3. The topological polar surface area (TPSA) is 51.7 Å². The van der Waals surface area contributed by atoms with E-state index in [0.29, 0.717) is 12.6 Å². The number of aromatic nitrogens is 1. The van der Waals surface area contributed by atoms with E-state index >= 15 is 0 Å². The van der Waals surface area contributed by atoms with Gasteiger partial charge in [-0.05, 0) is 74.0 Å². The lowest BCUT2D eigenvalue weighted by molar-refractivity contribution is 0.231. The first-order valence-corrected chi connectivity index (χ1v) is 14.3. The van der Waals surface area contributed by atoms with Gasteiger partial charge in [0, 0.05) is 48.9 Å². The van der Waals surface area contributed by atoms with E-state index in [4.69, 9.17) is 16.6 Å². The van der Waals surface area contributed by atoms with Gasteiger partial charge in [-0.15, -0.1) is 0 Å². The van der Waals surface area contributed by atoms with E-state index in [1.54, 1.807) is 0 Å². The third-order valence-corrected chi connectivity index (χ3v) is 8.85. The van der Waals surface area contributed by atoms with Crippen LogP contribution >= 0.6 is 11.6 Å². The highest BCUT2D eigenvalue weighted by Crippen LogP contribution is 2.40. The zero-order valence-electron chi connectivity index (χ0n) is 22.2. The number of piperazine rings is 1. The molecule has 3 aromatic carbocycles. The molecule has 0 saturated carbocycles. The van der Waals surface area contributed by atoms with Crippen LogP contribution in [0.1, 0.15) is 24.1 Å². The maximum Gasteiger partial charge on any atom is 0.326 e. The summed E-state index contributed by atoms with van der Waals surface area (Å²) < 4.78 is 0. The molecule has 7 rings (SSSR count). The number of rotatable bonds is 3. The number of hydrogen-bond donors (Lipinski definition) is 1. The van der Waals surface area contributed by atoms with E-state index < -0.39 is 0 Å². The largest absolute Gasteiger partial charge is 0.367 e. The Kier molecular flexibility index (Phi) is 6.17. The summed E-state index contributed by atoms with van der Waals surface area (Å²) >= 11 is 6.80. The summed E-state index contributed by atoms with van der Waals surface area (Å²) in [5.41, 5.74) is 6.90. The summed E-state index contributed by atoms with van der Waals surface area (Å²) in [7, 11) is 0. The number of amides is 2. The van der Waals surface area contributed by atoms with Gasteiger partial charge < -0.3 is 10.2 Å². The summed E-state index contributed by atoms with van der Waals surface area (Å²) in [6.07, 6.45) is 3.33. The number of hydrogen-bond acceptors (Lipinski definition) is 4. The number of halogens is 1. The number of carbonyl (C=O) groups excluding carboxylic acids is 1. The minimum atomic E-state index is -0.116. The fourth-order valence-electron chi connectivity index (χ4n) is 6.58. The van der Waals surface area contributed by atoms with Gasteiger partial charge in [0.15, 0.2) is 0 Å². The smallest absolute Gasteiger partial charge is 0.326 e. The van der Waals surface area contributed by atoms with Crippen LogP contribution in [0.5, 0.6) is 0 Å². The normalized spacial score (nSPS) is 18.9. The van der Waals surface area contributed by atoms with Crippen LogP contribution in [0.15, 0.2) is 66.7 Å². The van der Waals surface area contributed by atoms with Crippen molar-refractivity contribution in [2.24, 2.45) is 0 Å². The molecule has 7 heteroatoms. The predicted octanol–water partition coefficient (Wildman–Crippen LogP) is 6.74. The molecule has 0 bridgehead atoms. The molecule has 3 aliphatic rings. The van der Waals surface area contributed by atoms with E-state index in [1.807, 2.05) is 48.2 Å². The molecule has 2 amide bonds. The minimum absolute atomic E-state index is 0.116. The van der Waals surface area contributed by atoms with Crippen LogP contribution in [0.25, 0.3) is 22.0 Å². The number of benzene rings is 3. The van der Waals surface area contributed by atoms with Crippen molar-refractivity contribution in [2.75, 3.05) is 47.8 Å². The van der Waals surface area contributed by atoms with Crippen LogP contribution in [0.2, 0.25) is 5.02 Å². The highest BCUT2D eigenvalue weighted by atomic mass is 35.5. The van der Waals surface area contributed by atoms with Crippen LogP contribution in [0, 0.1) is 6.92 Å². The molecule has 2 saturated heterocycles. The number of nitrogens with zero attached hydrogens (tertiary/aromatic N) is 4. The maximum absolute atomic E-state index is 13.7. The standard InChI is InChI=1S/C32H32ClN5O/c1-21-6-2-11-28(34-21)25-9-3-10-26-24(25)8-4-12-29(26)35-32(39)38-15-13-22-18-27(33)31(19-30(22)38)37-17-16-36-14-5-7-23(36)20-37/h2-4,6,8-12,18-19,23H,5,7,13-17,20H2,1H3,(H,35,39)/t23-/m0/s1. The number of pyridine rings is 1. The number of aryl methyl sites for hydroxylation is 1. The SMILES string of the molecule is Cc1cccc(-c2cccc3c(NC(=O)N4CCc5cc(Cl)c(N6CCN7CCC[C@H]7C6)cc54)cccc23)n1.